The number of ether oxygens (including phenoxy) is 2. The molecule has 4 N–H and O–H groups in total. The summed E-state index contributed by atoms with van der Waals surface area (Å²) < 4.78 is 71.8. The summed E-state index contributed by atoms with van der Waals surface area (Å²) in [6.45, 7) is 9.11. The minimum absolute atomic E-state index is 0.0241. The number of hydrogen-bond acceptors (Lipinski definition) is 14. The van der Waals surface area contributed by atoms with Gasteiger partial charge in [0.15, 0.2) is 0 Å². The van der Waals surface area contributed by atoms with Crippen LogP contribution in [0.15, 0.2) is 78.4 Å². The monoisotopic (exact) mass is 1380 g/mol. The molecule has 2 saturated heterocycles. The predicted octanol–water partition coefficient (Wildman–Crippen LogP) is 7.25. The molecule has 526 valence electrons. The standard InChI is InChI=1S/C36H47N5O7S.C36H45N5O7S/c2*1-36(2,45)35(44)40-17-15-39(16-18-40)34(43)26-19-25-20-27(48-5)12-14-28(25)32-31(23-9-7-6-8-10-23)29-13-11-24(21-30(29)41(32)22-26)33(42)37-49(46,47)38(3)4/h11-14,20-21,23,26,45H,6-10,15-19,22H2,1-5H3,(H,37,42);11-14,19-21,23,45H,6-10,15-18,22H2,1-5H3,(H,37,42). The van der Waals surface area contributed by atoms with E-state index in [2.05, 4.69) is 24.6 Å². The predicted molar refractivity (Wildman–Crippen MR) is 374 cm³/mol. The van der Waals surface area contributed by atoms with Gasteiger partial charge in [0.2, 0.25) is 5.91 Å². The lowest BCUT2D eigenvalue weighted by molar-refractivity contribution is -0.152. The molecule has 2 aliphatic carbocycles. The van der Waals surface area contributed by atoms with Crippen molar-refractivity contribution in [3.8, 4) is 34.0 Å². The van der Waals surface area contributed by atoms with Gasteiger partial charge in [-0.15, -0.1) is 0 Å². The minimum Gasteiger partial charge on any atom is -0.497 e. The Morgan fingerprint density at radius 3 is 1.42 bits per heavy atom. The van der Waals surface area contributed by atoms with Gasteiger partial charge in [0.1, 0.15) is 22.7 Å². The molecule has 26 heteroatoms. The lowest BCUT2D eigenvalue weighted by Gasteiger charge is -2.38. The van der Waals surface area contributed by atoms with Crippen LogP contribution in [-0.4, -0.2) is 206 Å². The summed E-state index contributed by atoms with van der Waals surface area (Å²) in [7, 11) is 0.638. The van der Waals surface area contributed by atoms with Crippen molar-refractivity contribution >= 4 is 83.7 Å². The molecule has 12 rings (SSSR count). The van der Waals surface area contributed by atoms with E-state index in [-0.39, 0.29) is 47.2 Å². The van der Waals surface area contributed by atoms with Crippen molar-refractivity contribution in [1.29, 1.82) is 0 Å². The Labute approximate surface area is 573 Å². The van der Waals surface area contributed by atoms with Crippen molar-refractivity contribution in [3.63, 3.8) is 0 Å². The van der Waals surface area contributed by atoms with Gasteiger partial charge in [0.25, 0.3) is 29.5 Å². The Morgan fingerprint density at radius 1 is 0.531 bits per heavy atom. The van der Waals surface area contributed by atoms with Crippen molar-refractivity contribution in [2.24, 2.45) is 5.92 Å². The smallest absolute Gasteiger partial charge is 0.303 e. The fraction of sp³-hybridized carbons (Fsp3) is 0.500. The number of carbonyl (C=O) groups excluding carboxylic acids is 6. The van der Waals surface area contributed by atoms with Gasteiger partial charge in [-0.25, -0.2) is 9.44 Å². The number of fused-ring (bicyclic) bond motifs is 10. The Morgan fingerprint density at radius 2 is 0.959 bits per heavy atom. The molecule has 6 aliphatic rings. The normalized spacial score (nSPS) is 18.1. The largest absolute Gasteiger partial charge is 0.497 e. The van der Waals surface area contributed by atoms with Crippen molar-refractivity contribution in [2.45, 2.75) is 134 Å². The van der Waals surface area contributed by atoms with Crippen molar-refractivity contribution in [2.75, 3.05) is 94.8 Å². The second-order valence-corrected chi connectivity index (χ2v) is 31.9. The van der Waals surface area contributed by atoms with Crippen LogP contribution in [0.25, 0.3) is 50.4 Å². The molecule has 2 aromatic heterocycles. The molecule has 4 aromatic carbocycles. The average molecular weight is 1390 g/mol. The topological polar surface area (TPSA) is 283 Å². The zero-order valence-electron chi connectivity index (χ0n) is 57.8. The number of nitrogens with one attached hydrogen (secondary N) is 2. The number of nitrogens with zero attached hydrogens (tertiary/aromatic N) is 8. The molecule has 6 amide bonds. The van der Waals surface area contributed by atoms with Crippen LogP contribution >= 0.6 is 0 Å². The summed E-state index contributed by atoms with van der Waals surface area (Å²) >= 11 is 0. The molecular formula is C72H92N10O14S2. The molecule has 6 aromatic rings. The Kier molecular flexibility index (Phi) is 20.5. The van der Waals surface area contributed by atoms with Crippen LogP contribution in [0, 0.1) is 5.92 Å². The quantitative estimate of drug-likeness (QED) is 0.0836. The number of hydrogen-bond donors (Lipinski definition) is 4. The van der Waals surface area contributed by atoms with Crippen LogP contribution in [0.2, 0.25) is 0 Å². The lowest BCUT2D eigenvalue weighted by Crippen LogP contribution is -2.56. The number of methoxy groups -OCH3 is 2. The highest BCUT2D eigenvalue weighted by atomic mass is 32.2. The van der Waals surface area contributed by atoms with Crippen LogP contribution in [0.3, 0.4) is 0 Å². The highest BCUT2D eigenvalue weighted by Crippen LogP contribution is 2.50. The molecule has 1 atom stereocenters. The van der Waals surface area contributed by atoms with Gasteiger partial charge in [-0.1, -0.05) is 50.7 Å². The maximum atomic E-state index is 14.4. The third-order valence-corrected chi connectivity index (χ3v) is 23.0. The van der Waals surface area contributed by atoms with E-state index >= 15 is 0 Å². The molecule has 2 saturated carbocycles. The highest BCUT2D eigenvalue weighted by molar-refractivity contribution is 7.88. The maximum Gasteiger partial charge on any atom is 0.303 e. The minimum atomic E-state index is -4.01. The van der Waals surface area contributed by atoms with Crippen LogP contribution in [0.4, 0.5) is 0 Å². The van der Waals surface area contributed by atoms with Crippen LogP contribution in [0.5, 0.6) is 11.5 Å². The van der Waals surface area contributed by atoms with Gasteiger partial charge in [-0.2, -0.15) is 25.4 Å². The fourth-order valence-electron chi connectivity index (χ4n) is 14.9. The third kappa shape index (κ3) is 14.5. The van der Waals surface area contributed by atoms with E-state index in [1.54, 1.807) is 53.2 Å². The summed E-state index contributed by atoms with van der Waals surface area (Å²) in [6.07, 6.45) is 13.3. The molecular weight excluding hydrogens is 1290 g/mol. The average Bonchev–Trinajstić information content (AvgIpc) is 1.58. The van der Waals surface area contributed by atoms with E-state index in [1.807, 2.05) is 53.4 Å². The molecule has 4 fully saturated rings. The first kappa shape index (κ1) is 71.2. The molecule has 6 heterocycles. The number of rotatable bonds is 14. The number of benzene rings is 4. The van der Waals surface area contributed by atoms with E-state index in [0.717, 1.165) is 115 Å². The zero-order chi connectivity index (χ0) is 70.5. The van der Waals surface area contributed by atoms with Gasteiger partial charge in [-0.3, -0.25) is 28.8 Å². The third-order valence-electron chi connectivity index (χ3n) is 20.2. The molecule has 1 unspecified atom stereocenters. The number of piperazine rings is 2. The zero-order valence-corrected chi connectivity index (χ0v) is 59.4. The molecule has 4 aliphatic heterocycles. The van der Waals surface area contributed by atoms with Gasteiger partial charge < -0.3 is 48.4 Å². The number of aliphatic hydroxyl groups is 2. The first-order valence-electron chi connectivity index (χ1n) is 33.9. The summed E-state index contributed by atoms with van der Waals surface area (Å²) in [5.74, 6) is -0.903. The number of carbonyl (C=O) groups is 6. The molecule has 0 radical (unpaired) electrons. The molecule has 0 bridgehead atoms. The molecule has 24 nitrogen and oxygen atoms in total. The summed E-state index contributed by atoms with van der Waals surface area (Å²) in [5.41, 5.74) is 7.71. The maximum absolute atomic E-state index is 14.4. The van der Waals surface area contributed by atoms with Crippen molar-refractivity contribution in [1.82, 2.24) is 46.8 Å². The second-order valence-electron chi connectivity index (χ2n) is 28.2. The van der Waals surface area contributed by atoms with E-state index in [9.17, 15) is 55.8 Å². The van der Waals surface area contributed by atoms with E-state index in [0.29, 0.717) is 88.3 Å². The lowest BCUT2D eigenvalue weighted by atomic mass is 9.81. The van der Waals surface area contributed by atoms with Gasteiger partial charge >= 0.3 is 20.4 Å². The van der Waals surface area contributed by atoms with Crippen LogP contribution in [-0.2, 0) is 59.1 Å². The van der Waals surface area contributed by atoms with Crippen molar-refractivity contribution in [3.05, 3.63) is 112 Å². The van der Waals surface area contributed by atoms with Crippen molar-refractivity contribution < 1.29 is 65.3 Å². The summed E-state index contributed by atoms with van der Waals surface area (Å²) in [5, 5.41) is 22.5. The number of amides is 6. The first-order chi connectivity index (χ1) is 46.4. The van der Waals surface area contributed by atoms with Gasteiger partial charge in [0.05, 0.1) is 38.1 Å². The molecule has 0 spiro atoms. The van der Waals surface area contributed by atoms with E-state index < -0.39 is 49.4 Å². The summed E-state index contributed by atoms with van der Waals surface area (Å²) in [4.78, 5) is 87.4. The highest BCUT2D eigenvalue weighted by Gasteiger charge is 2.40. The Hall–Kier alpha value is -8.14. The van der Waals surface area contributed by atoms with Gasteiger partial charge in [-0.05, 0) is 161 Å². The SMILES string of the molecule is COc1ccc2c(c1)C=C(C(=O)N1CCN(C(=O)C(C)(C)O)CC1)Cn1c-2c(C2CCCCC2)c2ccc(C(=O)NS(=O)(=O)N(C)C)cc21.COc1ccc2c(c1)CC(C(=O)N1CCN(C(=O)C(C)(C)O)CC1)Cn1c-2c(C2CCCCC2)c2ccc(C(=O)NS(=O)(=O)N(C)C)cc21. The Bertz CT molecular complexity index is 4360. The van der Waals surface area contributed by atoms with E-state index in [1.165, 1.54) is 79.9 Å². The van der Waals surface area contributed by atoms with Crippen LogP contribution < -0.4 is 18.9 Å². The van der Waals surface area contributed by atoms with Crippen LogP contribution in [0.1, 0.15) is 147 Å². The summed E-state index contributed by atoms with van der Waals surface area (Å²) in [6, 6.07) is 22.6. The number of aromatic nitrogens is 2. The second kappa shape index (κ2) is 28.2. The van der Waals surface area contributed by atoms with E-state index in [4.69, 9.17) is 9.47 Å². The Balaban J connectivity index is 0.000000198. The molecule has 98 heavy (non-hydrogen) atoms. The fourth-order valence-corrected chi connectivity index (χ4v) is 16.0. The van der Waals surface area contributed by atoms with Gasteiger partial charge in [0, 0.05) is 137 Å². The first-order valence-corrected chi connectivity index (χ1v) is 36.8.